The van der Waals surface area contributed by atoms with Crippen LogP contribution in [0.25, 0.3) is 11.4 Å². The Hall–Kier alpha value is -2.05. The molecule has 0 saturated heterocycles. The Labute approximate surface area is 123 Å². The van der Waals surface area contributed by atoms with Gasteiger partial charge in [-0.25, -0.2) is 0 Å². The molecule has 3 N–H and O–H groups in total. The number of anilines is 1. The smallest absolute Gasteiger partial charge is 0.248 e. The quantitative estimate of drug-likeness (QED) is 0.693. The predicted molar refractivity (Wildman–Crippen MR) is 81.3 cm³/mol. The van der Waals surface area contributed by atoms with Crippen molar-refractivity contribution in [3.63, 3.8) is 0 Å². The molecule has 3 aromatic rings. The highest BCUT2D eigenvalue weighted by molar-refractivity contribution is 7.16. The largest absolute Gasteiger partial charge is 0.364 e. The molecule has 20 heavy (non-hydrogen) atoms. The van der Waals surface area contributed by atoms with Crippen LogP contribution in [0.1, 0.15) is 4.88 Å². The Morgan fingerprint density at radius 2 is 2.15 bits per heavy atom. The number of halogens is 1. The molecule has 0 atom stereocenters. The number of pyridine rings is 1. The van der Waals surface area contributed by atoms with Crippen molar-refractivity contribution in [3.8, 4) is 11.4 Å². The van der Waals surface area contributed by atoms with Crippen LogP contribution in [0, 0.1) is 0 Å². The van der Waals surface area contributed by atoms with Crippen LogP contribution >= 0.6 is 22.9 Å². The van der Waals surface area contributed by atoms with E-state index in [1.54, 1.807) is 6.07 Å². The van der Waals surface area contributed by atoms with Gasteiger partial charge in [-0.1, -0.05) is 17.7 Å². The lowest BCUT2D eigenvalue weighted by atomic mass is 10.3. The average molecular weight is 307 g/mol. The lowest BCUT2D eigenvalue weighted by Gasteiger charge is -1.98. The van der Waals surface area contributed by atoms with Crippen molar-refractivity contribution in [2.24, 2.45) is 0 Å². The van der Waals surface area contributed by atoms with E-state index in [1.165, 1.54) is 17.4 Å². The zero-order chi connectivity index (χ0) is 13.9. The van der Waals surface area contributed by atoms with E-state index in [0.717, 1.165) is 14.9 Å². The highest BCUT2D eigenvalue weighted by Crippen LogP contribution is 2.22. The van der Waals surface area contributed by atoms with E-state index in [9.17, 15) is 4.79 Å². The second-order valence-electron chi connectivity index (χ2n) is 4.15. The van der Waals surface area contributed by atoms with Gasteiger partial charge in [-0.2, -0.15) is 5.10 Å². The van der Waals surface area contributed by atoms with Crippen LogP contribution in [-0.4, -0.2) is 15.2 Å². The number of nitrogens with one attached hydrogen (secondary N) is 3. The summed E-state index contributed by atoms with van der Waals surface area (Å²) in [6.45, 7) is 0.660. The predicted octanol–water partition coefficient (Wildman–Crippen LogP) is 3.09. The first-order valence-corrected chi connectivity index (χ1v) is 7.13. The summed E-state index contributed by atoms with van der Waals surface area (Å²) < 4.78 is 0.770. The number of aromatic amines is 2. The molecule has 102 valence electrons. The fourth-order valence-corrected chi connectivity index (χ4v) is 2.81. The number of H-pyrrole nitrogens is 2. The van der Waals surface area contributed by atoms with Gasteiger partial charge in [0.1, 0.15) is 5.82 Å². The summed E-state index contributed by atoms with van der Waals surface area (Å²) in [5, 5.41) is 10.2. The van der Waals surface area contributed by atoms with Gasteiger partial charge in [-0.3, -0.25) is 9.89 Å². The molecule has 0 spiro atoms. The Kier molecular flexibility index (Phi) is 3.58. The molecule has 0 aliphatic rings. The summed E-state index contributed by atoms with van der Waals surface area (Å²) in [4.78, 5) is 15.1. The van der Waals surface area contributed by atoms with Crippen molar-refractivity contribution in [3.05, 3.63) is 56.0 Å². The third kappa shape index (κ3) is 2.92. The molecule has 0 aliphatic carbocycles. The van der Waals surface area contributed by atoms with E-state index in [-0.39, 0.29) is 5.56 Å². The molecule has 3 rings (SSSR count). The van der Waals surface area contributed by atoms with Gasteiger partial charge in [-0.15, -0.1) is 11.3 Å². The first-order valence-electron chi connectivity index (χ1n) is 5.94. The molecule has 0 amide bonds. The SMILES string of the molecule is O=c1cccc(-c2cc(NCc3ccc(Cl)s3)n[nH]2)[nH]1. The van der Waals surface area contributed by atoms with Crippen LogP contribution in [0.15, 0.2) is 41.2 Å². The third-order valence-corrected chi connectivity index (χ3v) is 3.94. The van der Waals surface area contributed by atoms with Crippen molar-refractivity contribution in [1.82, 2.24) is 15.2 Å². The van der Waals surface area contributed by atoms with Gasteiger partial charge in [0.25, 0.3) is 0 Å². The van der Waals surface area contributed by atoms with Crippen LogP contribution < -0.4 is 10.9 Å². The van der Waals surface area contributed by atoms with Crippen LogP contribution in [0.5, 0.6) is 0 Å². The lowest BCUT2D eigenvalue weighted by Crippen LogP contribution is -2.03. The van der Waals surface area contributed by atoms with E-state index in [2.05, 4.69) is 20.5 Å². The van der Waals surface area contributed by atoms with Crippen molar-refractivity contribution in [1.29, 1.82) is 0 Å². The van der Waals surface area contributed by atoms with Gasteiger partial charge in [0, 0.05) is 17.0 Å². The van der Waals surface area contributed by atoms with Crippen molar-refractivity contribution < 1.29 is 0 Å². The lowest BCUT2D eigenvalue weighted by molar-refractivity contribution is 1.05. The summed E-state index contributed by atoms with van der Waals surface area (Å²) in [7, 11) is 0. The zero-order valence-electron chi connectivity index (χ0n) is 10.3. The number of hydrogen-bond acceptors (Lipinski definition) is 4. The fourth-order valence-electron chi connectivity index (χ4n) is 1.78. The second-order valence-corrected chi connectivity index (χ2v) is 5.95. The summed E-state index contributed by atoms with van der Waals surface area (Å²) in [6, 6.07) is 10.7. The van der Waals surface area contributed by atoms with Crippen LogP contribution in [-0.2, 0) is 6.54 Å². The van der Waals surface area contributed by atoms with E-state index < -0.39 is 0 Å². The van der Waals surface area contributed by atoms with Crippen molar-refractivity contribution in [2.45, 2.75) is 6.54 Å². The molecular formula is C13H11ClN4OS. The van der Waals surface area contributed by atoms with E-state index in [0.29, 0.717) is 18.1 Å². The molecule has 0 aromatic carbocycles. The fraction of sp³-hybridized carbons (Fsp3) is 0.0769. The summed E-state index contributed by atoms with van der Waals surface area (Å²) in [5.74, 6) is 0.717. The van der Waals surface area contributed by atoms with Gasteiger partial charge >= 0.3 is 0 Å². The maximum absolute atomic E-state index is 11.3. The van der Waals surface area contributed by atoms with E-state index >= 15 is 0 Å². The van der Waals surface area contributed by atoms with Gasteiger partial charge in [0.2, 0.25) is 5.56 Å². The summed E-state index contributed by atoms with van der Waals surface area (Å²) in [6.07, 6.45) is 0. The Morgan fingerprint density at radius 3 is 2.90 bits per heavy atom. The molecule has 0 saturated carbocycles. The minimum atomic E-state index is -0.139. The number of rotatable bonds is 4. The molecule has 0 radical (unpaired) electrons. The summed E-state index contributed by atoms with van der Waals surface area (Å²) in [5.41, 5.74) is 1.33. The normalized spacial score (nSPS) is 10.7. The summed E-state index contributed by atoms with van der Waals surface area (Å²) >= 11 is 7.41. The van der Waals surface area contributed by atoms with Gasteiger partial charge in [-0.05, 0) is 18.2 Å². The first kappa shape index (κ1) is 13.0. The van der Waals surface area contributed by atoms with Gasteiger partial charge in [0.15, 0.2) is 0 Å². The average Bonchev–Trinajstić information content (AvgIpc) is 3.05. The Balaban J connectivity index is 1.72. The Morgan fingerprint density at radius 1 is 1.25 bits per heavy atom. The van der Waals surface area contributed by atoms with Crippen LogP contribution in [0.2, 0.25) is 4.34 Å². The molecule has 5 nitrogen and oxygen atoms in total. The topological polar surface area (TPSA) is 73.6 Å². The highest BCUT2D eigenvalue weighted by atomic mass is 35.5. The maximum Gasteiger partial charge on any atom is 0.248 e. The van der Waals surface area contributed by atoms with Gasteiger partial charge < -0.3 is 10.3 Å². The monoisotopic (exact) mass is 306 g/mol. The number of hydrogen-bond donors (Lipinski definition) is 3. The minimum absolute atomic E-state index is 0.139. The number of thiophene rings is 1. The zero-order valence-corrected chi connectivity index (χ0v) is 11.9. The molecule has 0 bridgehead atoms. The Bertz CT molecular complexity index is 776. The molecule has 0 fully saturated rings. The van der Waals surface area contributed by atoms with Crippen molar-refractivity contribution >= 4 is 28.8 Å². The van der Waals surface area contributed by atoms with Crippen LogP contribution in [0.3, 0.4) is 0 Å². The third-order valence-electron chi connectivity index (χ3n) is 2.71. The maximum atomic E-state index is 11.3. The second kappa shape index (κ2) is 5.52. The molecule has 3 aromatic heterocycles. The molecule has 7 heteroatoms. The van der Waals surface area contributed by atoms with Gasteiger partial charge in [0.05, 0.1) is 22.3 Å². The first-order chi connectivity index (χ1) is 9.70. The number of aromatic nitrogens is 3. The van der Waals surface area contributed by atoms with E-state index in [4.69, 9.17) is 11.6 Å². The standard InChI is InChI=1S/C13H11ClN4OS/c14-11-5-4-8(20-11)7-15-12-6-10(17-18-12)9-2-1-3-13(19)16-9/h1-6H,7H2,(H,16,19)(H2,15,17,18). The molecule has 0 aliphatic heterocycles. The van der Waals surface area contributed by atoms with Crippen molar-refractivity contribution in [2.75, 3.05) is 5.32 Å². The van der Waals surface area contributed by atoms with E-state index in [1.807, 2.05) is 24.3 Å². The molecule has 0 unspecified atom stereocenters. The number of nitrogens with zero attached hydrogens (tertiary/aromatic N) is 1. The molecular weight excluding hydrogens is 296 g/mol. The highest BCUT2D eigenvalue weighted by Gasteiger charge is 2.05. The minimum Gasteiger partial charge on any atom is -0.364 e. The van der Waals surface area contributed by atoms with Crippen LogP contribution in [0.4, 0.5) is 5.82 Å². The molecule has 3 heterocycles.